The van der Waals surface area contributed by atoms with Gasteiger partial charge in [-0.25, -0.2) is 0 Å². The Morgan fingerprint density at radius 1 is 1.19 bits per heavy atom. The van der Waals surface area contributed by atoms with Crippen LogP contribution in [0.15, 0.2) is 22.7 Å². The maximum atomic E-state index is 12.6. The van der Waals surface area contributed by atoms with Gasteiger partial charge in [-0.3, -0.25) is 9.48 Å². The Hall–Kier alpha value is -1.42. The van der Waals surface area contributed by atoms with Crippen LogP contribution in [0.2, 0.25) is 0 Å². The van der Waals surface area contributed by atoms with E-state index in [2.05, 4.69) is 34.0 Å². The van der Waals surface area contributed by atoms with Crippen molar-refractivity contribution in [2.45, 2.75) is 47.1 Å². The van der Waals surface area contributed by atoms with Gasteiger partial charge in [-0.1, -0.05) is 24.1 Å². The minimum Gasteiger partial charge on any atom is -0.294 e. The molecule has 0 aliphatic carbocycles. The lowest BCUT2D eigenvalue weighted by molar-refractivity contribution is 0.0990. The Labute approximate surface area is 134 Å². The van der Waals surface area contributed by atoms with E-state index >= 15 is 0 Å². The van der Waals surface area contributed by atoms with Crippen LogP contribution in [0.4, 0.5) is 0 Å². The van der Waals surface area contributed by atoms with E-state index in [1.165, 1.54) is 0 Å². The van der Waals surface area contributed by atoms with Crippen LogP contribution in [-0.4, -0.2) is 15.6 Å². The molecule has 0 bridgehead atoms. The molecule has 1 aromatic heterocycles. The molecular formula is C17H21BrN2O. The lowest BCUT2D eigenvalue weighted by Gasteiger charge is -2.07. The maximum Gasteiger partial charge on any atom is 0.168 e. The molecule has 2 aromatic rings. The molecule has 3 nitrogen and oxygen atoms in total. The normalized spacial score (nSPS) is 10.9. The number of halogens is 1. The van der Waals surface area contributed by atoms with Crippen LogP contribution in [-0.2, 0) is 19.4 Å². The third-order valence-electron chi connectivity index (χ3n) is 3.57. The molecule has 112 valence electrons. The number of hydrogen-bond acceptors (Lipinski definition) is 2. The number of Topliss-reactive ketones (excluding diaryl/α,β-unsaturated/α-hetero) is 1. The average Bonchev–Trinajstić information content (AvgIpc) is 2.74. The van der Waals surface area contributed by atoms with Crippen molar-refractivity contribution in [3.8, 4) is 0 Å². The largest absolute Gasteiger partial charge is 0.294 e. The highest BCUT2D eigenvalue weighted by Gasteiger charge is 2.18. The van der Waals surface area contributed by atoms with E-state index in [4.69, 9.17) is 0 Å². The Balaban J connectivity index is 2.33. The minimum atomic E-state index is 0.139. The van der Waals surface area contributed by atoms with E-state index in [1.54, 1.807) is 0 Å². The molecule has 0 N–H and O–H groups in total. The SMILES string of the molecule is CCc1nn(CC)c(CC(=O)c2cc(C)cc(C)c2)c1Br. The lowest BCUT2D eigenvalue weighted by atomic mass is 10.0. The predicted octanol–water partition coefficient (Wildman–Crippen LogP) is 4.27. The molecule has 1 aromatic carbocycles. The summed E-state index contributed by atoms with van der Waals surface area (Å²) in [5.74, 6) is 0.139. The van der Waals surface area contributed by atoms with Gasteiger partial charge in [0.1, 0.15) is 0 Å². The van der Waals surface area contributed by atoms with Crippen LogP contribution >= 0.6 is 15.9 Å². The minimum absolute atomic E-state index is 0.139. The number of ketones is 1. The van der Waals surface area contributed by atoms with Crippen molar-refractivity contribution in [3.63, 3.8) is 0 Å². The van der Waals surface area contributed by atoms with Crippen molar-refractivity contribution < 1.29 is 4.79 Å². The van der Waals surface area contributed by atoms with E-state index < -0.39 is 0 Å². The third-order valence-corrected chi connectivity index (χ3v) is 4.48. The summed E-state index contributed by atoms with van der Waals surface area (Å²) in [5, 5.41) is 4.55. The molecule has 0 amide bonds. The van der Waals surface area contributed by atoms with Gasteiger partial charge in [-0.15, -0.1) is 0 Å². The van der Waals surface area contributed by atoms with Gasteiger partial charge in [0.15, 0.2) is 5.78 Å². The van der Waals surface area contributed by atoms with Gasteiger partial charge in [0, 0.05) is 12.1 Å². The van der Waals surface area contributed by atoms with Crippen molar-refractivity contribution >= 4 is 21.7 Å². The van der Waals surface area contributed by atoms with E-state index in [1.807, 2.05) is 37.6 Å². The van der Waals surface area contributed by atoms with Gasteiger partial charge in [-0.05, 0) is 55.3 Å². The van der Waals surface area contributed by atoms with Gasteiger partial charge in [0.2, 0.25) is 0 Å². The second-order valence-corrected chi connectivity index (χ2v) is 6.15. The average molecular weight is 349 g/mol. The highest BCUT2D eigenvalue weighted by Crippen LogP contribution is 2.24. The zero-order valence-electron chi connectivity index (χ0n) is 13.0. The first-order chi connectivity index (χ1) is 9.96. The molecule has 0 fully saturated rings. The number of carbonyl (C=O) groups excluding carboxylic acids is 1. The summed E-state index contributed by atoms with van der Waals surface area (Å²) < 4.78 is 2.90. The van der Waals surface area contributed by atoms with Gasteiger partial charge >= 0.3 is 0 Å². The molecule has 0 aliphatic rings. The zero-order valence-corrected chi connectivity index (χ0v) is 14.6. The maximum absolute atomic E-state index is 12.6. The van der Waals surface area contributed by atoms with Gasteiger partial charge < -0.3 is 0 Å². The zero-order chi connectivity index (χ0) is 15.6. The summed E-state index contributed by atoms with van der Waals surface area (Å²) in [6.45, 7) is 8.93. The number of aromatic nitrogens is 2. The van der Waals surface area contributed by atoms with E-state index in [0.29, 0.717) is 6.42 Å². The first-order valence-corrected chi connectivity index (χ1v) is 8.11. The monoisotopic (exact) mass is 348 g/mol. The third kappa shape index (κ3) is 3.43. The summed E-state index contributed by atoms with van der Waals surface area (Å²) >= 11 is 3.60. The highest BCUT2D eigenvalue weighted by atomic mass is 79.9. The van der Waals surface area contributed by atoms with Gasteiger partial charge in [0.05, 0.1) is 22.3 Å². The van der Waals surface area contributed by atoms with Crippen LogP contribution in [0.3, 0.4) is 0 Å². The molecule has 0 radical (unpaired) electrons. The molecular weight excluding hydrogens is 328 g/mol. The quantitative estimate of drug-likeness (QED) is 0.756. The first-order valence-electron chi connectivity index (χ1n) is 7.31. The van der Waals surface area contributed by atoms with Crippen molar-refractivity contribution in [1.29, 1.82) is 0 Å². The molecule has 21 heavy (non-hydrogen) atoms. The summed E-state index contributed by atoms with van der Waals surface area (Å²) in [6, 6.07) is 5.99. The smallest absolute Gasteiger partial charge is 0.168 e. The van der Waals surface area contributed by atoms with Crippen molar-refractivity contribution in [2.24, 2.45) is 0 Å². The van der Waals surface area contributed by atoms with Crippen molar-refractivity contribution in [2.75, 3.05) is 0 Å². The van der Waals surface area contributed by atoms with E-state index in [0.717, 1.165) is 45.5 Å². The van der Waals surface area contributed by atoms with Crippen molar-refractivity contribution in [1.82, 2.24) is 9.78 Å². The molecule has 1 heterocycles. The van der Waals surface area contributed by atoms with Crippen LogP contribution in [0.1, 0.15) is 46.7 Å². The highest BCUT2D eigenvalue weighted by molar-refractivity contribution is 9.10. The summed E-state index contributed by atoms with van der Waals surface area (Å²) in [4.78, 5) is 12.6. The topological polar surface area (TPSA) is 34.9 Å². The number of carbonyl (C=O) groups is 1. The lowest BCUT2D eigenvalue weighted by Crippen LogP contribution is -2.10. The number of aryl methyl sites for hydroxylation is 4. The number of rotatable bonds is 5. The van der Waals surface area contributed by atoms with Crippen LogP contribution in [0, 0.1) is 13.8 Å². The van der Waals surface area contributed by atoms with Crippen LogP contribution in [0.5, 0.6) is 0 Å². The van der Waals surface area contributed by atoms with E-state index in [9.17, 15) is 4.79 Å². The molecule has 0 unspecified atom stereocenters. The van der Waals surface area contributed by atoms with E-state index in [-0.39, 0.29) is 5.78 Å². The molecule has 0 atom stereocenters. The summed E-state index contributed by atoms with van der Waals surface area (Å²) in [7, 11) is 0. The number of benzene rings is 1. The molecule has 4 heteroatoms. The Morgan fingerprint density at radius 3 is 2.33 bits per heavy atom. The van der Waals surface area contributed by atoms with Crippen LogP contribution < -0.4 is 0 Å². The fourth-order valence-electron chi connectivity index (χ4n) is 2.58. The molecule has 0 spiro atoms. The summed E-state index contributed by atoms with van der Waals surface area (Å²) in [6.07, 6.45) is 1.24. The molecule has 0 aliphatic heterocycles. The first kappa shape index (κ1) is 16.0. The molecule has 0 saturated carbocycles. The number of hydrogen-bond donors (Lipinski definition) is 0. The standard InChI is InChI=1S/C17H21BrN2O/c1-5-14-17(18)15(20(6-2)19-14)10-16(21)13-8-11(3)7-12(4)9-13/h7-9H,5-6,10H2,1-4H3. The fourth-order valence-corrected chi connectivity index (χ4v) is 3.28. The summed E-state index contributed by atoms with van der Waals surface area (Å²) in [5.41, 5.74) is 5.01. The van der Waals surface area contributed by atoms with Crippen molar-refractivity contribution in [3.05, 3.63) is 50.8 Å². The fraction of sp³-hybridized carbons (Fsp3) is 0.412. The van der Waals surface area contributed by atoms with Gasteiger partial charge in [-0.2, -0.15) is 5.10 Å². The second-order valence-electron chi connectivity index (χ2n) is 5.35. The predicted molar refractivity (Wildman–Crippen MR) is 88.9 cm³/mol. The Kier molecular flexibility index (Phi) is 4.99. The Bertz CT molecular complexity index is 653. The van der Waals surface area contributed by atoms with Crippen LogP contribution in [0.25, 0.3) is 0 Å². The second kappa shape index (κ2) is 6.56. The number of nitrogens with zero attached hydrogens (tertiary/aromatic N) is 2. The Morgan fingerprint density at radius 2 is 1.81 bits per heavy atom. The molecule has 0 saturated heterocycles. The molecule has 2 rings (SSSR count). The van der Waals surface area contributed by atoms with Gasteiger partial charge in [0.25, 0.3) is 0 Å².